The molecule has 0 fully saturated rings. The van der Waals surface area contributed by atoms with Gasteiger partial charge in [0, 0.05) is 13.1 Å². The average Bonchev–Trinajstić information content (AvgIpc) is 3.26. The van der Waals surface area contributed by atoms with Crippen molar-refractivity contribution in [3.63, 3.8) is 0 Å². The van der Waals surface area contributed by atoms with Gasteiger partial charge in [0.05, 0.1) is 30.2 Å². The smallest absolute Gasteiger partial charge is 0.294 e. The molecule has 0 bridgehead atoms. The maximum Gasteiger partial charge on any atom is 0.294 e. The number of fused-ring (bicyclic) bond motifs is 2. The Balaban J connectivity index is 0.00000306. The minimum absolute atomic E-state index is 0. The molecule has 0 aliphatic carbocycles. The Morgan fingerprint density at radius 3 is 1.42 bits per heavy atom. The van der Waals surface area contributed by atoms with Crippen molar-refractivity contribution < 1.29 is 25.9 Å². The van der Waals surface area contributed by atoms with Gasteiger partial charge in [-0.3, -0.25) is 9.11 Å². The Labute approximate surface area is 197 Å². The first kappa shape index (κ1) is 25.2. The van der Waals surface area contributed by atoms with Gasteiger partial charge in [0.15, 0.2) is 0 Å². The molecule has 2 heterocycles. The first-order valence-corrected chi connectivity index (χ1v) is 13.8. The molecule has 15 heteroatoms. The van der Waals surface area contributed by atoms with Crippen molar-refractivity contribution in [2.45, 2.75) is 36.7 Å². The van der Waals surface area contributed by atoms with Crippen LogP contribution in [0.5, 0.6) is 0 Å². The van der Waals surface area contributed by atoms with E-state index in [9.17, 15) is 25.9 Å². The molecule has 2 aromatic heterocycles. The van der Waals surface area contributed by atoms with Crippen molar-refractivity contribution in [1.82, 2.24) is 15.3 Å². The summed E-state index contributed by atoms with van der Waals surface area (Å²) in [5.41, 5.74) is 1.52. The van der Waals surface area contributed by atoms with Crippen molar-refractivity contribution in [2.24, 2.45) is 10.2 Å². The number of aromatic nitrogens is 2. The molecule has 0 saturated carbocycles. The molecule has 5 N–H and O–H groups in total. The number of aryl methyl sites for hydroxylation is 2. The highest BCUT2D eigenvalue weighted by atomic mass is 32.2. The van der Waals surface area contributed by atoms with E-state index in [1.807, 2.05) is 23.0 Å². The summed E-state index contributed by atoms with van der Waals surface area (Å²) >= 11 is 2.47. The Morgan fingerprint density at radius 2 is 1.12 bits per heavy atom. The lowest BCUT2D eigenvalue weighted by molar-refractivity contribution is 0.481. The van der Waals surface area contributed by atoms with E-state index in [0.717, 1.165) is 11.0 Å². The molecular formula is C18H21N5O6S4. The lowest BCUT2D eigenvalue weighted by Crippen LogP contribution is -2.16. The maximum absolute atomic E-state index is 11.4. The summed E-state index contributed by atoms with van der Waals surface area (Å²) in [6, 6.07) is 8.68. The molecule has 4 aromatic rings. The topological polar surface area (TPSA) is 178 Å². The van der Waals surface area contributed by atoms with Crippen LogP contribution in [0, 0.1) is 0 Å². The number of hydrogen-bond donors (Lipinski definition) is 3. The summed E-state index contributed by atoms with van der Waals surface area (Å²) in [4.78, 5) is 0.685. The van der Waals surface area contributed by atoms with Gasteiger partial charge in [0.25, 0.3) is 20.2 Å². The summed E-state index contributed by atoms with van der Waals surface area (Å²) in [6.45, 7) is 4.98. The Morgan fingerprint density at radius 1 is 0.758 bits per heavy atom. The second-order valence-corrected chi connectivity index (χ2v) is 11.5. The molecular weight excluding hydrogens is 510 g/mol. The van der Waals surface area contributed by atoms with Gasteiger partial charge in [0.1, 0.15) is 0 Å². The van der Waals surface area contributed by atoms with Crippen molar-refractivity contribution in [3.8, 4) is 0 Å². The van der Waals surface area contributed by atoms with Crippen LogP contribution in [0.2, 0.25) is 0 Å². The van der Waals surface area contributed by atoms with Gasteiger partial charge in [-0.15, -0.1) is 10.2 Å². The predicted molar refractivity (Wildman–Crippen MR) is 127 cm³/mol. The Kier molecular flexibility index (Phi) is 6.95. The van der Waals surface area contributed by atoms with E-state index in [-0.39, 0.29) is 15.9 Å². The van der Waals surface area contributed by atoms with Gasteiger partial charge in [-0.1, -0.05) is 22.7 Å². The Bertz CT molecular complexity index is 1580. The van der Waals surface area contributed by atoms with Crippen molar-refractivity contribution in [3.05, 3.63) is 46.0 Å². The van der Waals surface area contributed by atoms with Crippen LogP contribution in [-0.4, -0.2) is 35.1 Å². The summed E-state index contributed by atoms with van der Waals surface area (Å²) in [7, 11) is -8.63. The van der Waals surface area contributed by atoms with E-state index in [2.05, 4.69) is 10.2 Å². The van der Waals surface area contributed by atoms with E-state index in [4.69, 9.17) is 0 Å². The molecule has 4 rings (SSSR count). The summed E-state index contributed by atoms with van der Waals surface area (Å²) in [5, 5.41) is 8.74. The van der Waals surface area contributed by atoms with Gasteiger partial charge < -0.3 is 15.3 Å². The molecule has 178 valence electrons. The van der Waals surface area contributed by atoms with Crippen LogP contribution in [0.3, 0.4) is 0 Å². The SMILES string of the molecule is CCn1c(=NN=c2sc3cc(S(=O)(=O)O)ccc3n2CC)sc2cc(S(=O)(=O)O)ccc21.N. The average molecular weight is 532 g/mol. The number of rotatable bonds is 5. The normalized spacial score (nSPS) is 13.7. The molecule has 0 unspecified atom stereocenters. The van der Waals surface area contributed by atoms with E-state index in [1.165, 1.54) is 46.9 Å². The lowest BCUT2D eigenvalue weighted by atomic mass is 10.3. The molecule has 0 amide bonds. The fourth-order valence-electron chi connectivity index (χ4n) is 3.28. The second kappa shape index (κ2) is 9.09. The molecule has 0 saturated heterocycles. The first-order valence-electron chi connectivity index (χ1n) is 9.32. The molecule has 0 spiro atoms. The largest absolute Gasteiger partial charge is 0.344 e. The summed E-state index contributed by atoms with van der Waals surface area (Å²) in [5.74, 6) is 0. The number of nitrogens with zero attached hydrogens (tertiary/aromatic N) is 4. The highest BCUT2D eigenvalue weighted by molar-refractivity contribution is 7.86. The minimum Gasteiger partial charge on any atom is -0.344 e. The highest BCUT2D eigenvalue weighted by Crippen LogP contribution is 2.23. The van der Waals surface area contributed by atoms with E-state index in [1.54, 1.807) is 12.1 Å². The van der Waals surface area contributed by atoms with Crippen LogP contribution in [0.15, 0.2) is 56.4 Å². The lowest BCUT2D eigenvalue weighted by Gasteiger charge is -2.01. The summed E-state index contributed by atoms with van der Waals surface area (Å²) in [6.07, 6.45) is 0. The van der Waals surface area contributed by atoms with Crippen molar-refractivity contribution in [2.75, 3.05) is 0 Å². The number of hydrogen-bond acceptors (Lipinski definition) is 9. The van der Waals surface area contributed by atoms with Gasteiger partial charge in [0.2, 0.25) is 9.60 Å². The van der Waals surface area contributed by atoms with Crippen LogP contribution < -0.4 is 15.8 Å². The minimum atomic E-state index is -4.32. The van der Waals surface area contributed by atoms with Gasteiger partial charge in [-0.2, -0.15) is 16.8 Å². The van der Waals surface area contributed by atoms with Crippen LogP contribution in [0.1, 0.15) is 13.8 Å². The zero-order valence-electron chi connectivity index (χ0n) is 17.5. The number of benzene rings is 2. The van der Waals surface area contributed by atoms with E-state index in [0.29, 0.717) is 32.1 Å². The fourth-order valence-corrected chi connectivity index (χ4v) is 6.61. The molecule has 0 aliphatic heterocycles. The molecule has 11 nitrogen and oxygen atoms in total. The standard InChI is InChI=1S/C18H18N4O6S4.H3N/c1-3-21-13-7-5-11(31(23,24)25)9-15(13)29-17(21)19-20-18-22(4-2)14-8-6-12(32(26,27)28)10-16(14)30-18;/h5-10H,3-4H2,1-2H3,(H,23,24,25)(H,26,27,28);1H3. The third kappa shape index (κ3) is 4.79. The first-order chi connectivity index (χ1) is 15.0. The van der Waals surface area contributed by atoms with Crippen molar-refractivity contribution in [1.29, 1.82) is 0 Å². The van der Waals surface area contributed by atoms with Gasteiger partial charge in [-0.25, -0.2) is 0 Å². The predicted octanol–water partition coefficient (Wildman–Crippen LogP) is 2.83. The number of thiazole rings is 2. The molecule has 33 heavy (non-hydrogen) atoms. The van der Waals surface area contributed by atoms with Crippen molar-refractivity contribution >= 4 is 63.3 Å². The molecule has 0 radical (unpaired) electrons. The zero-order chi connectivity index (χ0) is 23.3. The van der Waals surface area contributed by atoms with Crippen LogP contribution in [0.4, 0.5) is 0 Å². The Hall–Kier alpha value is -2.40. The van der Waals surface area contributed by atoms with Crippen LogP contribution in [0.25, 0.3) is 20.4 Å². The van der Waals surface area contributed by atoms with E-state index >= 15 is 0 Å². The van der Waals surface area contributed by atoms with Crippen LogP contribution >= 0.6 is 22.7 Å². The molecule has 0 atom stereocenters. The van der Waals surface area contributed by atoms with Crippen LogP contribution in [-0.2, 0) is 33.3 Å². The highest BCUT2D eigenvalue weighted by Gasteiger charge is 2.14. The van der Waals surface area contributed by atoms with E-state index < -0.39 is 20.2 Å². The van der Waals surface area contributed by atoms with Gasteiger partial charge >= 0.3 is 0 Å². The fraction of sp³-hybridized carbons (Fsp3) is 0.222. The monoisotopic (exact) mass is 531 g/mol. The second-order valence-electron chi connectivity index (χ2n) is 6.67. The third-order valence-corrected chi connectivity index (χ3v) is 8.52. The molecule has 2 aromatic carbocycles. The molecule has 0 aliphatic rings. The maximum atomic E-state index is 11.4. The summed E-state index contributed by atoms with van der Waals surface area (Å²) < 4.78 is 69.4. The quantitative estimate of drug-likeness (QED) is 0.262. The third-order valence-electron chi connectivity index (χ3n) is 4.76. The van der Waals surface area contributed by atoms with Gasteiger partial charge in [-0.05, 0) is 50.2 Å². The zero-order valence-corrected chi connectivity index (χ0v) is 20.8.